The Morgan fingerprint density at radius 2 is 2.05 bits per heavy atom. The van der Waals surface area contributed by atoms with Gasteiger partial charge in [0.05, 0.1) is 6.20 Å². The molecule has 1 saturated heterocycles. The molecule has 2 heterocycles. The Morgan fingerprint density at radius 1 is 1.42 bits per heavy atom. The number of hydrogen-bond acceptors (Lipinski definition) is 6. The first kappa shape index (κ1) is 15.9. The van der Waals surface area contributed by atoms with E-state index < -0.39 is 5.91 Å². The van der Waals surface area contributed by atoms with Gasteiger partial charge in [0.2, 0.25) is 0 Å². The average molecular weight is 286 g/mol. The molecule has 6 nitrogen and oxygen atoms in total. The Morgan fingerprint density at radius 3 is 2.58 bits per heavy atom. The van der Waals surface area contributed by atoms with Gasteiger partial charge >= 0.3 is 0 Å². The summed E-state index contributed by atoms with van der Waals surface area (Å²) in [6.45, 7) is 11.1. The van der Waals surface area contributed by atoms with Crippen molar-refractivity contribution in [2.24, 2.45) is 0 Å². The van der Waals surface area contributed by atoms with Gasteiger partial charge < -0.3 is 9.80 Å². The second-order valence-electron chi connectivity index (χ2n) is 3.87. The number of carbonyl (C=O) groups is 1. The fourth-order valence-corrected chi connectivity index (χ4v) is 2.68. The summed E-state index contributed by atoms with van der Waals surface area (Å²) in [6.07, 6.45) is 1.50. The molecule has 0 saturated carbocycles. The fraction of sp³-hybridized carbons (Fsp3) is 0.667. The summed E-state index contributed by atoms with van der Waals surface area (Å²) < 4.78 is 0. The zero-order valence-electron chi connectivity index (χ0n) is 11.7. The van der Waals surface area contributed by atoms with Crippen LogP contribution in [0.1, 0.15) is 30.4 Å². The Balaban J connectivity index is 0.000000861. The lowest BCUT2D eigenvalue weighted by Crippen LogP contribution is -2.46. The second kappa shape index (κ2) is 8.08. The van der Waals surface area contributed by atoms with Crippen LogP contribution in [0.5, 0.6) is 0 Å². The van der Waals surface area contributed by atoms with Crippen LogP contribution in [0.3, 0.4) is 0 Å². The highest BCUT2D eigenvalue weighted by molar-refractivity contribution is 7.17. The van der Waals surface area contributed by atoms with Crippen molar-refractivity contribution >= 4 is 22.4 Å². The van der Waals surface area contributed by atoms with Crippen molar-refractivity contribution in [2.75, 3.05) is 37.6 Å². The molecule has 7 heteroatoms. The first-order valence-corrected chi connectivity index (χ1v) is 7.43. The molecule has 2 N–H and O–H groups in total. The number of piperazine rings is 1. The number of rotatable bonds is 3. The van der Waals surface area contributed by atoms with Gasteiger partial charge in [0.15, 0.2) is 5.13 Å². The van der Waals surface area contributed by atoms with Crippen molar-refractivity contribution in [2.45, 2.75) is 20.8 Å². The normalized spacial score (nSPS) is 15.7. The van der Waals surface area contributed by atoms with Crippen LogP contribution in [0.25, 0.3) is 0 Å². The van der Waals surface area contributed by atoms with Crippen LogP contribution in [-0.4, -0.2) is 53.7 Å². The molecule has 0 bridgehead atoms. The molecule has 1 aromatic heterocycles. The van der Waals surface area contributed by atoms with E-state index in [0.717, 1.165) is 37.9 Å². The van der Waals surface area contributed by atoms with Gasteiger partial charge in [-0.05, 0) is 6.54 Å². The molecular formula is C12H22N4O2S. The van der Waals surface area contributed by atoms with E-state index in [1.54, 1.807) is 5.48 Å². The largest absolute Gasteiger partial charge is 0.346 e. The zero-order chi connectivity index (χ0) is 14.3. The van der Waals surface area contributed by atoms with Crippen molar-refractivity contribution < 1.29 is 10.0 Å². The van der Waals surface area contributed by atoms with Gasteiger partial charge in [-0.3, -0.25) is 10.0 Å². The lowest BCUT2D eigenvalue weighted by molar-refractivity contribution is 0.0710. The molecule has 0 unspecified atom stereocenters. The van der Waals surface area contributed by atoms with Crippen molar-refractivity contribution in [1.29, 1.82) is 0 Å². The molecule has 0 radical (unpaired) electrons. The molecule has 0 aromatic carbocycles. The Kier molecular flexibility index (Phi) is 6.75. The zero-order valence-corrected chi connectivity index (χ0v) is 12.5. The highest BCUT2D eigenvalue weighted by Gasteiger charge is 2.19. The summed E-state index contributed by atoms with van der Waals surface area (Å²) in [4.78, 5) is 20.4. The van der Waals surface area contributed by atoms with Crippen molar-refractivity contribution in [3.05, 3.63) is 11.1 Å². The number of anilines is 1. The molecular weight excluding hydrogens is 264 g/mol. The number of nitrogens with zero attached hydrogens (tertiary/aromatic N) is 3. The summed E-state index contributed by atoms with van der Waals surface area (Å²) in [5.74, 6) is -0.499. The first-order chi connectivity index (χ1) is 9.24. The van der Waals surface area contributed by atoms with Gasteiger partial charge in [-0.1, -0.05) is 32.1 Å². The highest BCUT2D eigenvalue weighted by Crippen LogP contribution is 2.23. The Bertz CT molecular complexity index is 389. The topological polar surface area (TPSA) is 68.7 Å². The summed E-state index contributed by atoms with van der Waals surface area (Å²) >= 11 is 1.31. The van der Waals surface area contributed by atoms with Gasteiger partial charge in [0.25, 0.3) is 5.91 Å². The number of hydrogen-bond donors (Lipinski definition) is 2. The number of thiazole rings is 1. The van der Waals surface area contributed by atoms with E-state index in [1.807, 2.05) is 13.8 Å². The van der Waals surface area contributed by atoms with Crippen LogP contribution in [-0.2, 0) is 0 Å². The number of hydroxylamine groups is 1. The third-order valence-corrected chi connectivity index (χ3v) is 3.97. The second-order valence-corrected chi connectivity index (χ2v) is 4.88. The molecule has 0 aliphatic carbocycles. The van der Waals surface area contributed by atoms with Crippen molar-refractivity contribution in [3.8, 4) is 0 Å². The van der Waals surface area contributed by atoms with E-state index in [-0.39, 0.29) is 0 Å². The minimum Gasteiger partial charge on any atom is -0.346 e. The fourth-order valence-electron chi connectivity index (χ4n) is 1.83. The van der Waals surface area contributed by atoms with E-state index in [2.05, 4.69) is 21.7 Å². The predicted molar refractivity (Wildman–Crippen MR) is 77.0 cm³/mol. The first-order valence-electron chi connectivity index (χ1n) is 6.62. The average Bonchev–Trinajstić information content (AvgIpc) is 2.98. The van der Waals surface area contributed by atoms with Crippen LogP contribution in [0, 0.1) is 0 Å². The molecule has 0 atom stereocenters. The number of aromatic nitrogens is 1. The number of nitrogens with one attached hydrogen (secondary N) is 1. The van der Waals surface area contributed by atoms with Gasteiger partial charge in [-0.15, -0.1) is 0 Å². The Labute approximate surface area is 118 Å². The third kappa shape index (κ3) is 4.15. The number of carbonyl (C=O) groups excluding carboxylic acids is 1. The SMILES string of the molecule is CC.CCN1CCN(c2ncc(C(=O)NO)s2)CC1. The highest BCUT2D eigenvalue weighted by atomic mass is 32.1. The van der Waals surface area contributed by atoms with Crippen LogP contribution < -0.4 is 10.4 Å². The molecule has 1 amide bonds. The lowest BCUT2D eigenvalue weighted by Gasteiger charge is -2.33. The predicted octanol–water partition coefficient (Wildman–Crippen LogP) is 1.43. The smallest absolute Gasteiger partial charge is 0.286 e. The van der Waals surface area contributed by atoms with Crippen LogP contribution in [0.4, 0.5) is 5.13 Å². The third-order valence-electron chi connectivity index (χ3n) is 2.91. The summed E-state index contributed by atoms with van der Waals surface area (Å²) in [7, 11) is 0. The van der Waals surface area contributed by atoms with E-state index in [9.17, 15) is 4.79 Å². The van der Waals surface area contributed by atoms with Gasteiger partial charge in [-0.2, -0.15) is 0 Å². The molecule has 0 spiro atoms. The van der Waals surface area contributed by atoms with Gasteiger partial charge in [0, 0.05) is 26.2 Å². The summed E-state index contributed by atoms with van der Waals surface area (Å²) in [6, 6.07) is 0. The molecule has 108 valence electrons. The number of amides is 1. The van der Waals surface area contributed by atoms with E-state index in [1.165, 1.54) is 17.5 Å². The summed E-state index contributed by atoms with van der Waals surface area (Å²) in [5.41, 5.74) is 1.62. The maximum Gasteiger partial charge on any atom is 0.286 e. The molecule has 1 aliphatic heterocycles. The lowest BCUT2D eigenvalue weighted by atomic mass is 10.3. The molecule has 1 aliphatic rings. The quantitative estimate of drug-likeness (QED) is 0.650. The maximum atomic E-state index is 11.2. The van der Waals surface area contributed by atoms with E-state index in [0.29, 0.717) is 4.88 Å². The minimum absolute atomic E-state index is 0.431. The van der Waals surface area contributed by atoms with E-state index in [4.69, 9.17) is 5.21 Å². The van der Waals surface area contributed by atoms with Crippen molar-refractivity contribution in [3.63, 3.8) is 0 Å². The van der Waals surface area contributed by atoms with E-state index >= 15 is 0 Å². The number of likely N-dealkylation sites (N-methyl/N-ethyl adjacent to an activating group) is 1. The molecule has 1 aromatic rings. The van der Waals surface area contributed by atoms with Gasteiger partial charge in [0.1, 0.15) is 4.88 Å². The van der Waals surface area contributed by atoms with Crippen molar-refractivity contribution in [1.82, 2.24) is 15.4 Å². The van der Waals surface area contributed by atoms with Crippen LogP contribution >= 0.6 is 11.3 Å². The minimum atomic E-state index is -0.499. The monoisotopic (exact) mass is 286 g/mol. The molecule has 2 rings (SSSR count). The maximum absolute atomic E-state index is 11.2. The van der Waals surface area contributed by atoms with Gasteiger partial charge in [-0.25, -0.2) is 10.5 Å². The molecule has 1 fully saturated rings. The molecule has 19 heavy (non-hydrogen) atoms. The Hall–Kier alpha value is -1.18. The standard InChI is InChI=1S/C10H16N4O2S.C2H6/c1-2-13-3-5-14(6-4-13)10-11-7-8(17-10)9(15)12-16;1-2/h7,16H,2-6H2,1H3,(H,12,15);1-2H3. The van der Waals surface area contributed by atoms with Crippen LogP contribution in [0.2, 0.25) is 0 Å². The van der Waals surface area contributed by atoms with Crippen LogP contribution in [0.15, 0.2) is 6.20 Å². The summed E-state index contributed by atoms with van der Waals surface area (Å²) in [5, 5.41) is 9.38.